The van der Waals surface area contributed by atoms with Crippen molar-refractivity contribution in [1.82, 2.24) is 5.32 Å². The number of allylic oxidation sites excluding steroid dienone is 2. The van der Waals surface area contributed by atoms with Gasteiger partial charge < -0.3 is 14.8 Å². The number of nitriles is 1. The maximum Gasteiger partial charge on any atom is 0.336 e. The Kier molecular flexibility index (Phi) is 6.89. The van der Waals surface area contributed by atoms with E-state index in [4.69, 9.17) is 37.9 Å². The molecule has 1 aliphatic heterocycles. The maximum atomic E-state index is 12.7. The largest absolute Gasteiger partial charge is 0.466 e. The second kappa shape index (κ2) is 8.94. The van der Waals surface area contributed by atoms with E-state index in [2.05, 4.69) is 5.32 Å². The standard InChI is InChI=1S/C19H18Cl2N2O4/c1-10-15(18(24)26-3)17(12-5-6-13(20)14(21)9-12)16(11(2)23-10)19(25)27-8-4-7-22/h5-6,9,17,23H,4,8H2,1-3H3. The van der Waals surface area contributed by atoms with Crippen molar-refractivity contribution in [1.29, 1.82) is 5.26 Å². The van der Waals surface area contributed by atoms with Gasteiger partial charge in [0.2, 0.25) is 0 Å². The topological polar surface area (TPSA) is 88.4 Å². The lowest BCUT2D eigenvalue weighted by molar-refractivity contribution is -0.139. The van der Waals surface area contributed by atoms with Crippen LogP contribution in [0.25, 0.3) is 0 Å². The van der Waals surface area contributed by atoms with Crippen molar-refractivity contribution in [3.8, 4) is 6.07 Å². The number of rotatable bonds is 5. The minimum absolute atomic E-state index is 0.0452. The molecule has 6 nitrogen and oxygen atoms in total. The number of halogens is 2. The van der Waals surface area contributed by atoms with Crippen LogP contribution in [0.3, 0.4) is 0 Å². The Morgan fingerprint density at radius 3 is 2.33 bits per heavy atom. The fourth-order valence-corrected chi connectivity index (χ4v) is 3.24. The molecule has 1 heterocycles. The van der Waals surface area contributed by atoms with Crippen molar-refractivity contribution in [3.05, 3.63) is 56.3 Å². The van der Waals surface area contributed by atoms with Gasteiger partial charge in [-0.2, -0.15) is 5.26 Å². The zero-order valence-corrected chi connectivity index (χ0v) is 16.6. The molecule has 1 aromatic carbocycles. The number of hydrogen-bond acceptors (Lipinski definition) is 6. The third-order valence-corrected chi connectivity index (χ3v) is 4.85. The van der Waals surface area contributed by atoms with Crippen molar-refractivity contribution in [3.63, 3.8) is 0 Å². The van der Waals surface area contributed by atoms with E-state index in [-0.39, 0.29) is 24.2 Å². The Morgan fingerprint density at radius 2 is 1.78 bits per heavy atom. The summed E-state index contributed by atoms with van der Waals surface area (Å²) in [6.07, 6.45) is 0.0711. The predicted octanol–water partition coefficient (Wildman–Crippen LogP) is 3.86. The SMILES string of the molecule is COC(=O)C1=C(C)NC(C)=C(C(=O)OCCC#N)C1c1ccc(Cl)c(Cl)c1. The van der Waals surface area contributed by atoms with E-state index in [1.807, 2.05) is 6.07 Å². The van der Waals surface area contributed by atoms with Gasteiger partial charge in [-0.05, 0) is 31.5 Å². The number of ether oxygens (including phenoxy) is 2. The molecule has 27 heavy (non-hydrogen) atoms. The molecule has 1 aromatic rings. The molecule has 1 unspecified atom stereocenters. The highest BCUT2D eigenvalue weighted by Gasteiger charge is 2.37. The van der Waals surface area contributed by atoms with Gasteiger partial charge in [0.15, 0.2) is 0 Å². The smallest absolute Gasteiger partial charge is 0.336 e. The molecule has 0 aromatic heterocycles. The molecule has 1 N–H and O–H groups in total. The summed E-state index contributed by atoms with van der Waals surface area (Å²) in [6.45, 7) is 3.39. The number of esters is 2. The minimum Gasteiger partial charge on any atom is -0.466 e. The second-order valence-electron chi connectivity index (χ2n) is 5.84. The number of benzene rings is 1. The third-order valence-electron chi connectivity index (χ3n) is 4.11. The van der Waals surface area contributed by atoms with E-state index in [0.29, 0.717) is 27.0 Å². The summed E-state index contributed by atoms with van der Waals surface area (Å²) in [5, 5.41) is 12.3. The highest BCUT2D eigenvalue weighted by Crippen LogP contribution is 2.40. The first-order valence-corrected chi connectivity index (χ1v) is 8.83. The molecular weight excluding hydrogens is 391 g/mol. The average molecular weight is 409 g/mol. The molecule has 2 rings (SSSR count). The Balaban J connectivity index is 2.59. The fraction of sp³-hybridized carbons (Fsp3) is 0.316. The monoisotopic (exact) mass is 408 g/mol. The average Bonchev–Trinajstić information content (AvgIpc) is 2.63. The summed E-state index contributed by atoms with van der Waals surface area (Å²) in [6, 6.07) is 6.80. The van der Waals surface area contributed by atoms with E-state index >= 15 is 0 Å². The number of nitrogens with one attached hydrogen (secondary N) is 1. The lowest BCUT2D eigenvalue weighted by Crippen LogP contribution is -2.32. The van der Waals surface area contributed by atoms with Gasteiger partial charge in [0.05, 0.1) is 46.7 Å². The number of carbonyl (C=O) groups excluding carboxylic acids is 2. The molecule has 142 valence electrons. The summed E-state index contributed by atoms with van der Waals surface area (Å²) < 4.78 is 10.1. The lowest BCUT2D eigenvalue weighted by Gasteiger charge is -2.30. The minimum atomic E-state index is -0.747. The Hall–Kier alpha value is -2.49. The van der Waals surface area contributed by atoms with E-state index in [1.54, 1.807) is 32.0 Å². The normalized spacial score (nSPS) is 16.5. The van der Waals surface area contributed by atoms with Crippen LogP contribution in [0.5, 0.6) is 0 Å². The molecule has 0 spiro atoms. The number of hydrogen-bond donors (Lipinski definition) is 1. The number of dihydropyridines is 1. The molecule has 0 bridgehead atoms. The van der Waals surface area contributed by atoms with Crippen molar-refractivity contribution in [2.45, 2.75) is 26.2 Å². The summed E-state index contributed by atoms with van der Waals surface area (Å²) in [4.78, 5) is 25.2. The molecule has 0 aliphatic carbocycles. The highest BCUT2D eigenvalue weighted by molar-refractivity contribution is 6.42. The molecule has 8 heteroatoms. The Bertz CT molecular complexity index is 884. The number of methoxy groups -OCH3 is 1. The first-order chi connectivity index (χ1) is 12.8. The summed E-state index contributed by atoms with van der Waals surface area (Å²) in [5.74, 6) is -1.95. The quantitative estimate of drug-likeness (QED) is 0.587. The van der Waals surface area contributed by atoms with Crippen LogP contribution in [-0.2, 0) is 19.1 Å². The van der Waals surface area contributed by atoms with Crippen molar-refractivity contribution < 1.29 is 19.1 Å². The number of nitrogens with zero attached hydrogens (tertiary/aromatic N) is 1. The Labute approximate surface area is 167 Å². The van der Waals surface area contributed by atoms with Gasteiger partial charge in [-0.3, -0.25) is 0 Å². The third kappa shape index (κ3) is 4.44. The Morgan fingerprint density at radius 1 is 1.15 bits per heavy atom. The van der Waals surface area contributed by atoms with Crippen LogP contribution < -0.4 is 5.32 Å². The van der Waals surface area contributed by atoms with E-state index in [0.717, 1.165) is 0 Å². The predicted molar refractivity (Wildman–Crippen MR) is 101 cm³/mol. The van der Waals surface area contributed by atoms with Crippen LogP contribution >= 0.6 is 23.2 Å². The first-order valence-electron chi connectivity index (χ1n) is 8.07. The second-order valence-corrected chi connectivity index (χ2v) is 6.66. The zero-order valence-electron chi connectivity index (χ0n) is 15.1. The molecule has 1 aliphatic rings. The highest BCUT2D eigenvalue weighted by atomic mass is 35.5. The van der Waals surface area contributed by atoms with Crippen LogP contribution in [0, 0.1) is 11.3 Å². The van der Waals surface area contributed by atoms with E-state index in [9.17, 15) is 9.59 Å². The molecule has 0 radical (unpaired) electrons. The van der Waals surface area contributed by atoms with Crippen molar-refractivity contribution in [2.75, 3.05) is 13.7 Å². The summed E-state index contributed by atoms with van der Waals surface area (Å²) >= 11 is 12.2. The van der Waals surface area contributed by atoms with E-state index < -0.39 is 17.9 Å². The van der Waals surface area contributed by atoms with Gasteiger partial charge in [-0.1, -0.05) is 29.3 Å². The zero-order chi connectivity index (χ0) is 20.1. The number of carbonyl (C=O) groups is 2. The summed E-state index contributed by atoms with van der Waals surface area (Å²) in [7, 11) is 1.27. The molecular formula is C19H18Cl2N2O4. The van der Waals surface area contributed by atoms with Gasteiger partial charge in [-0.25, -0.2) is 9.59 Å². The van der Waals surface area contributed by atoms with Crippen LogP contribution in [-0.4, -0.2) is 25.7 Å². The molecule has 0 fully saturated rings. The molecule has 0 saturated carbocycles. The molecule has 1 atom stereocenters. The van der Waals surface area contributed by atoms with Gasteiger partial charge in [0, 0.05) is 11.4 Å². The van der Waals surface area contributed by atoms with E-state index in [1.165, 1.54) is 7.11 Å². The van der Waals surface area contributed by atoms with Gasteiger partial charge in [0.1, 0.15) is 6.61 Å². The van der Waals surface area contributed by atoms with Crippen molar-refractivity contribution >= 4 is 35.1 Å². The van der Waals surface area contributed by atoms with Crippen LogP contribution in [0.1, 0.15) is 31.7 Å². The maximum absolute atomic E-state index is 12.7. The lowest BCUT2D eigenvalue weighted by atomic mass is 9.80. The molecule has 0 saturated heterocycles. The van der Waals surface area contributed by atoms with Gasteiger partial charge in [0.25, 0.3) is 0 Å². The van der Waals surface area contributed by atoms with Crippen LogP contribution in [0.15, 0.2) is 40.7 Å². The van der Waals surface area contributed by atoms with Crippen LogP contribution in [0.4, 0.5) is 0 Å². The molecule has 0 amide bonds. The first kappa shape index (κ1) is 20.8. The summed E-state index contributed by atoms with van der Waals surface area (Å²) in [5.41, 5.74) is 2.21. The van der Waals surface area contributed by atoms with Crippen LogP contribution in [0.2, 0.25) is 10.0 Å². The van der Waals surface area contributed by atoms with Gasteiger partial charge >= 0.3 is 11.9 Å². The van der Waals surface area contributed by atoms with Crippen molar-refractivity contribution in [2.24, 2.45) is 0 Å². The fourth-order valence-electron chi connectivity index (χ4n) is 2.94. The van der Waals surface area contributed by atoms with Gasteiger partial charge in [-0.15, -0.1) is 0 Å².